The second-order valence-corrected chi connectivity index (χ2v) is 9.58. The summed E-state index contributed by atoms with van der Waals surface area (Å²) in [5.74, 6) is -0.421. The zero-order chi connectivity index (χ0) is 28.1. The van der Waals surface area contributed by atoms with E-state index in [2.05, 4.69) is 4.85 Å². The predicted molar refractivity (Wildman–Crippen MR) is 134 cm³/mol. The van der Waals surface area contributed by atoms with Crippen molar-refractivity contribution in [2.24, 2.45) is 0 Å². The third-order valence-corrected chi connectivity index (χ3v) is 6.45. The maximum absolute atomic E-state index is 13.4. The van der Waals surface area contributed by atoms with E-state index in [9.17, 15) is 36.7 Å². The van der Waals surface area contributed by atoms with E-state index in [1.807, 2.05) is 6.07 Å². The maximum Gasteiger partial charge on any atom is 1.00 e. The number of fused-ring (bicyclic) bond motifs is 1. The Kier molecular flexibility index (Phi) is 10.5. The van der Waals surface area contributed by atoms with Gasteiger partial charge in [0.25, 0.3) is 5.70 Å². The Morgan fingerprint density at radius 1 is 1.13 bits per heavy atom. The van der Waals surface area contributed by atoms with Crippen molar-refractivity contribution in [1.82, 2.24) is 0 Å². The van der Waals surface area contributed by atoms with Crippen LogP contribution in [0.25, 0.3) is 10.4 Å². The Labute approximate surface area is 246 Å². The number of alkyl halides is 3. The van der Waals surface area contributed by atoms with Crippen molar-refractivity contribution in [1.29, 1.82) is 10.5 Å². The average Bonchev–Trinajstić information content (AvgIpc) is 3.13. The van der Waals surface area contributed by atoms with E-state index >= 15 is 0 Å². The van der Waals surface area contributed by atoms with Crippen LogP contribution in [0.15, 0.2) is 77.8 Å². The van der Waals surface area contributed by atoms with E-state index in [0.29, 0.717) is 17.1 Å². The van der Waals surface area contributed by atoms with Crippen LogP contribution in [0.3, 0.4) is 0 Å². The molecule has 0 unspecified atom stereocenters. The quantitative estimate of drug-likeness (QED) is 0.167. The number of hydrogen-bond donors (Lipinski definition) is 0. The summed E-state index contributed by atoms with van der Waals surface area (Å²) in [4.78, 5) is 6.21. The number of nitriles is 2. The summed E-state index contributed by atoms with van der Waals surface area (Å²) in [6.07, 6.45) is -2.02. The number of allylic oxidation sites excluding steroid dienone is 5. The number of nitrogens with zero attached hydrogens (tertiary/aromatic N) is 5. The summed E-state index contributed by atoms with van der Waals surface area (Å²) in [6.45, 7) is 7.26. The number of benzene rings is 2. The van der Waals surface area contributed by atoms with Crippen LogP contribution in [0.5, 0.6) is 0 Å². The second-order valence-electron chi connectivity index (χ2n) is 8.06. The van der Waals surface area contributed by atoms with Crippen LogP contribution in [0.2, 0.25) is 0 Å². The van der Waals surface area contributed by atoms with Gasteiger partial charge in [-0.05, 0) is 42.3 Å². The molecule has 1 aliphatic heterocycles. The third-order valence-electron chi connectivity index (χ3n) is 5.66. The van der Waals surface area contributed by atoms with Gasteiger partial charge in [-0.3, -0.25) is 0 Å². The van der Waals surface area contributed by atoms with Crippen molar-refractivity contribution >= 4 is 27.1 Å². The molecule has 2 aromatic rings. The van der Waals surface area contributed by atoms with Crippen LogP contribution in [-0.2, 0) is 16.3 Å². The van der Waals surface area contributed by atoms with Gasteiger partial charge in [0.2, 0.25) is 0 Å². The smallest absolute Gasteiger partial charge is 0.748 e. The maximum atomic E-state index is 13.4. The largest absolute Gasteiger partial charge is 1.00 e. The average molecular weight is 562 g/mol. The van der Waals surface area contributed by atoms with Gasteiger partial charge in [0.05, 0.1) is 51.3 Å². The van der Waals surface area contributed by atoms with Crippen LogP contribution in [-0.4, -0.2) is 32.3 Å². The molecule has 0 amide bonds. The molecule has 0 saturated heterocycles. The summed E-state index contributed by atoms with van der Waals surface area (Å²) < 4.78 is 73.6. The molecule has 0 atom stereocenters. The topological polar surface area (TPSA) is 116 Å². The zero-order valence-electron chi connectivity index (χ0n) is 20.9. The van der Waals surface area contributed by atoms with Gasteiger partial charge < -0.3 is 14.4 Å². The van der Waals surface area contributed by atoms with Gasteiger partial charge in [0, 0.05) is 24.9 Å². The first kappa shape index (κ1) is 31.6. The molecule has 2 aromatic carbocycles. The van der Waals surface area contributed by atoms with Gasteiger partial charge in [-0.15, -0.1) is 0 Å². The fraction of sp³-hybridized carbons (Fsp3) is 0.192. The number of rotatable bonds is 7. The molecule has 0 saturated carbocycles. The minimum atomic E-state index is -4.62. The minimum Gasteiger partial charge on any atom is -0.748 e. The standard InChI is InChI=1S/C26H20F3N5O3S.Na/c1-32-21(17-31)25(18-7-4-3-5-8-18)19(16-30)9-12-24-33(2)22-11-10-20(26(27,28)29)15-23(22)34(24)13-6-14-38(35,36)37;/h3-5,7-12,15H,6,13-14H2,2H3,(H,35,36,37);/q;+1/p-1/b19-9+,24-12+,25-21+;. The van der Waals surface area contributed by atoms with Crippen molar-refractivity contribution < 1.29 is 55.7 Å². The third kappa shape index (κ3) is 7.51. The Morgan fingerprint density at radius 3 is 2.33 bits per heavy atom. The number of halogens is 3. The summed E-state index contributed by atoms with van der Waals surface area (Å²) in [5.41, 5.74) is -0.215. The SMILES string of the molecule is [C-]#[N+]/C(C#N)=C(/C(C#N)=C/C=C1\N(C)c2ccc(C(F)(F)F)cc2N1CCCS(=O)(=O)[O-])c1ccccc1.[Na+]. The Bertz CT molecular complexity index is 1550. The first-order chi connectivity index (χ1) is 17.9. The Hall–Kier alpha value is -3.57. The van der Waals surface area contributed by atoms with Gasteiger partial charge >= 0.3 is 35.7 Å². The Balaban J connectivity index is 0.00000533. The molecule has 3 rings (SSSR count). The van der Waals surface area contributed by atoms with Gasteiger partial charge in [-0.2, -0.15) is 18.4 Å². The molecule has 0 radical (unpaired) electrons. The molecule has 194 valence electrons. The summed E-state index contributed by atoms with van der Waals surface area (Å²) >= 11 is 0. The van der Waals surface area contributed by atoms with Crippen molar-refractivity contribution in [2.75, 3.05) is 29.1 Å². The molecule has 0 aromatic heterocycles. The second kappa shape index (κ2) is 13.0. The van der Waals surface area contributed by atoms with E-state index in [1.165, 1.54) is 23.1 Å². The van der Waals surface area contributed by atoms with Crippen molar-refractivity contribution in [3.63, 3.8) is 0 Å². The molecule has 0 aliphatic carbocycles. The summed E-state index contributed by atoms with van der Waals surface area (Å²) in [5, 5.41) is 19.4. The van der Waals surface area contributed by atoms with Crippen molar-refractivity contribution in [2.45, 2.75) is 12.6 Å². The molecular formula is C26H19F3N5NaO3S. The molecule has 0 N–H and O–H groups in total. The van der Waals surface area contributed by atoms with E-state index in [-0.39, 0.29) is 65.1 Å². The number of hydrogen-bond acceptors (Lipinski definition) is 7. The molecular weight excluding hydrogens is 542 g/mol. The predicted octanol–water partition coefficient (Wildman–Crippen LogP) is 2.05. The molecule has 8 nitrogen and oxygen atoms in total. The van der Waals surface area contributed by atoms with Crippen LogP contribution in [0.1, 0.15) is 17.5 Å². The molecule has 0 bridgehead atoms. The van der Waals surface area contributed by atoms with Gasteiger partial charge in [-0.25, -0.2) is 18.5 Å². The van der Waals surface area contributed by atoms with Gasteiger partial charge in [0.15, 0.2) is 0 Å². The van der Waals surface area contributed by atoms with E-state index < -0.39 is 27.6 Å². The van der Waals surface area contributed by atoms with Crippen LogP contribution in [0, 0.1) is 29.2 Å². The Morgan fingerprint density at radius 2 is 1.79 bits per heavy atom. The van der Waals surface area contributed by atoms with Crippen LogP contribution >= 0.6 is 0 Å². The van der Waals surface area contributed by atoms with Gasteiger partial charge in [-0.1, -0.05) is 30.3 Å². The molecule has 13 heteroatoms. The fourth-order valence-electron chi connectivity index (χ4n) is 3.96. The molecule has 1 aliphatic rings. The first-order valence-electron chi connectivity index (χ1n) is 11.0. The monoisotopic (exact) mass is 561 g/mol. The van der Waals surface area contributed by atoms with Crippen molar-refractivity contribution in [3.05, 3.63) is 100 Å². The molecule has 1 heterocycles. The molecule has 0 fully saturated rings. The fourth-order valence-corrected chi connectivity index (χ4v) is 4.44. The zero-order valence-corrected chi connectivity index (χ0v) is 23.7. The minimum absolute atomic E-state index is 0. The molecule has 0 spiro atoms. The van der Waals surface area contributed by atoms with E-state index in [0.717, 1.165) is 12.1 Å². The summed E-state index contributed by atoms with van der Waals surface area (Å²) in [7, 11) is -2.97. The van der Waals surface area contributed by atoms with E-state index in [1.54, 1.807) is 48.3 Å². The van der Waals surface area contributed by atoms with Crippen LogP contribution in [0.4, 0.5) is 24.5 Å². The first-order valence-corrected chi connectivity index (χ1v) is 12.5. The normalized spacial score (nSPS) is 15.0. The van der Waals surface area contributed by atoms with E-state index in [4.69, 9.17) is 6.57 Å². The summed E-state index contributed by atoms with van der Waals surface area (Å²) in [6, 6.07) is 15.2. The molecule has 39 heavy (non-hydrogen) atoms. The van der Waals surface area contributed by atoms with Crippen LogP contribution < -0.4 is 39.4 Å². The van der Waals surface area contributed by atoms with Crippen molar-refractivity contribution in [3.8, 4) is 12.1 Å². The number of anilines is 2. The van der Waals surface area contributed by atoms with Gasteiger partial charge in [0.1, 0.15) is 5.82 Å².